The predicted molar refractivity (Wildman–Crippen MR) is 131 cm³/mol. The molecule has 0 saturated carbocycles. The van der Waals surface area contributed by atoms with Crippen molar-refractivity contribution in [3.05, 3.63) is 98.3 Å². The Morgan fingerprint density at radius 1 is 1.03 bits per heavy atom. The standard InChI is InChI=1S/C24H20F2N4O6.CH4/c1-35-23(33)20(12-36-14-5-7-18-19(10-14)29-24(34)28-18)27-21(31)15-3-2-8-30(22(15)32)11-13-4-6-16(25)17(26)9-13;/h2-10,20H,11-12H2,1H3,(H,27,31)(H2,28,29,34);1H4/t20-;/m0./s1. The first kappa shape index (κ1) is 26.9. The Hall–Kier alpha value is -4.74. The Morgan fingerprint density at radius 3 is 2.51 bits per heavy atom. The predicted octanol–water partition coefficient (Wildman–Crippen LogP) is 2.33. The number of nitrogens with zero attached hydrogens (tertiary/aromatic N) is 1. The molecule has 3 N–H and O–H groups in total. The maximum Gasteiger partial charge on any atom is 0.331 e. The fraction of sp³-hybridized carbons (Fsp3) is 0.200. The summed E-state index contributed by atoms with van der Waals surface area (Å²) in [6.45, 7) is -0.432. The van der Waals surface area contributed by atoms with Crippen molar-refractivity contribution < 1.29 is 27.8 Å². The average molecular weight is 514 g/mol. The Bertz CT molecular complexity index is 1560. The number of rotatable bonds is 8. The zero-order valence-corrected chi connectivity index (χ0v) is 18.8. The molecule has 2 aromatic heterocycles. The molecule has 0 aliphatic heterocycles. The summed E-state index contributed by atoms with van der Waals surface area (Å²) in [6, 6.07) is 9.38. The fourth-order valence-corrected chi connectivity index (χ4v) is 3.50. The van der Waals surface area contributed by atoms with Crippen molar-refractivity contribution in [2.24, 2.45) is 0 Å². The molecule has 4 rings (SSSR count). The molecule has 2 aromatic carbocycles. The number of benzene rings is 2. The molecule has 0 unspecified atom stereocenters. The molecular formula is C25H24F2N4O6. The van der Waals surface area contributed by atoms with Gasteiger partial charge in [0.25, 0.3) is 11.5 Å². The van der Waals surface area contributed by atoms with Gasteiger partial charge in [0.05, 0.1) is 24.7 Å². The zero-order valence-electron chi connectivity index (χ0n) is 18.8. The number of aromatic amines is 2. The van der Waals surface area contributed by atoms with Crippen LogP contribution in [0.5, 0.6) is 5.75 Å². The van der Waals surface area contributed by atoms with Crippen LogP contribution in [0.15, 0.2) is 64.3 Å². The molecule has 0 fully saturated rings. The SMILES string of the molecule is C.COC(=O)[C@H](COc1ccc2[nH]c(=O)[nH]c2c1)NC(=O)c1cccn(Cc2ccc(F)c(F)c2)c1=O. The van der Waals surface area contributed by atoms with E-state index in [2.05, 4.69) is 15.3 Å². The van der Waals surface area contributed by atoms with E-state index in [1.54, 1.807) is 12.1 Å². The Labute approximate surface area is 208 Å². The number of hydrogen-bond donors (Lipinski definition) is 3. The third-order valence-corrected chi connectivity index (χ3v) is 5.30. The van der Waals surface area contributed by atoms with Crippen LogP contribution in [0, 0.1) is 11.6 Å². The van der Waals surface area contributed by atoms with Crippen LogP contribution in [0.3, 0.4) is 0 Å². The van der Waals surface area contributed by atoms with Gasteiger partial charge >= 0.3 is 11.7 Å². The highest BCUT2D eigenvalue weighted by Gasteiger charge is 2.25. The Kier molecular flexibility index (Phi) is 8.23. The van der Waals surface area contributed by atoms with E-state index < -0.39 is 35.1 Å². The normalized spacial score (nSPS) is 11.4. The molecule has 1 atom stereocenters. The first-order valence-corrected chi connectivity index (χ1v) is 10.6. The number of carbonyl (C=O) groups excluding carboxylic acids is 2. The van der Waals surface area contributed by atoms with E-state index in [-0.39, 0.29) is 31.8 Å². The number of nitrogens with one attached hydrogen (secondary N) is 3. The molecule has 0 bridgehead atoms. The molecule has 2 heterocycles. The van der Waals surface area contributed by atoms with E-state index in [4.69, 9.17) is 9.47 Å². The number of imidazole rings is 1. The van der Waals surface area contributed by atoms with E-state index in [9.17, 15) is 28.0 Å². The molecule has 12 heteroatoms. The first-order chi connectivity index (χ1) is 17.2. The van der Waals surface area contributed by atoms with Crippen molar-refractivity contribution in [2.75, 3.05) is 13.7 Å². The summed E-state index contributed by atoms with van der Waals surface area (Å²) in [5.41, 5.74) is -0.00238. The van der Waals surface area contributed by atoms with Gasteiger partial charge in [-0.1, -0.05) is 13.5 Å². The van der Waals surface area contributed by atoms with Crippen LogP contribution in [0.1, 0.15) is 23.3 Å². The van der Waals surface area contributed by atoms with Crippen molar-refractivity contribution in [1.29, 1.82) is 0 Å². The molecule has 10 nitrogen and oxygen atoms in total. The first-order valence-electron chi connectivity index (χ1n) is 10.6. The van der Waals surface area contributed by atoms with Gasteiger partial charge in [0.15, 0.2) is 17.7 Å². The van der Waals surface area contributed by atoms with E-state index in [1.165, 1.54) is 30.5 Å². The van der Waals surface area contributed by atoms with E-state index >= 15 is 0 Å². The highest BCUT2D eigenvalue weighted by atomic mass is 19.2. The lowest BCUT2D eigenvalue weighted by Crippen LogP contribution is -2.47. The van der Waals surface area contributed by atoms with E-state index in [0.717, 1.165) is 23.8 Å². The maximum atomic E-state index is 13.5. The average Bonchev–Trinajstić information content (AvgIpc) is 3.23. The largest absolute Gasteiger partial charge is 0.491 e. The number of amides is 1. The molecule has 0 spiro atoms. The summed E-state index contributed by atoms with van der Waals surface area (Å²) in [5.74, 6) is -3.43. The topological polar surface area (TPSA) is 135 Å². The van der Waals surface area contributed by atoms with E-state index in [0.29, 0.717) is 22.3 Å². The molecule has 0 radical (unpaired) electrons. The second kappa shape index (κ2) is 11.3. The minimum absolute atomic E-state index is 0. The number of carbonyl (C=O) groups is 2. The van der Waals surface area contributed by atoms with E-state index in [1.807, 2.05) is 0 Å². The van der Waals surface area contributed by atoms with Gasteiger partial charge in [0, 0.05) is 12.3 Å². The van der Waals surface area contributed by atoms with Crippen molar-refractivity contribution in [1.82, 2.24) is 19.9 Å². The highest BCUT2D eigenvalue weighted by molar-refractivity contribution is 5.96. The van der Waals surface area contributed by atoms with Crippen LogP contribution in [-0.4, -0.2) is 46.2 Å². The zero-order chi connectivity index (χ0) is 25.8. The molecule has 0 saturated heterocycles. The summed E-state index contributed by atoms with van der Waals surface area (Å²) in [6.07, 6.45) is 1.39. The minimum Gasteiger partial charge on any atom is -0.491 e. The number of pyridine rings is 1. The number of hydrogen-bond acceptors (Lipinski definition) is 6. The number of halogens is 2. The lowest BCUT2D eigenvalue weighted by molar-refractivity contribution is -0.143. The van der Waals surface area contributed by atoms with Gasteiger partial charge in [-0.15, -0.1) is 0 Å². The lowest BCUT2D eigenvalue weighted by Gasteiger charge is -2.17. The summed E-state index contributed by atoms with van der Waals surface area (Å²) in [7, 11) is 1.13. The number of aromatic nitrogens is 3. The third kappa shape index (κ3) is 6.10. The molecule has 0 aliphatic carbocycles. The van der Waals surface area contributed by atoms with Gasteiger partial charge in [0.2, 0.25) is 0 Å². The molecule has 4 aromatic rings. The lowest BCUT2D eigenvalue weighted by atomic mass is 10.2. The summed E-state index contributed by atoms with van der Waals surface area (Å²) in [5, 5.41) is 2.42. The van der Waals surface area contributed by atoms with Crippen LogP contribution in [0.2, 0.25) is 0 Å². The number of H-pyrrole nitrogens is 2. The minimum atomic E-state index is -1.26. The van der Waals surface area contributed by atoms with Crippen LogP contribution in [0.25, 0.3) is 11.0 Å². The fourth-order valence-electron chi connectivity index (χ4n) is 3.50. The quantitative estimate of drug-likeness (QED) is 0.309. The van der Waals surface area contributed by atoms with Crippen molar-refractivity contribution >= 4 is 22.9 Å². The maximum absolute atomic E-state index is 13.5. The number of esters is 1. The molecule has 0 aliphatic rings. The smallest absolute Gasteiger partial charge is 0.331 e. The Morgan fingerprint density at radius 2 is 1.78 bits per heavy atom. The van der Waals surface area contributed by atoms with Gasteiger partial charge in [-0.2, -0.15) is 0 Å². The second-order valence-electron chi connectivity index (χ2n) is 7.75. The van der Waals surface area contributed by atoms with Crippen LogP contribution in [0.4, 0.5) is 8.78 Å². The molecular weight excluding hydrogens is 490 g/mol. The van der Waals surface area contributed by atoms with Gasteiger partial charge in [0.1, 0.15) is 17.9 Å². The van der Waals surface area contributed by atoms with Crippen LogP contribution < -0.4 is 21.3 Å². The van der Waals surface area contributed by atoms with Gasteiger partial charge < -0.3 is 29.3 Å². The molecule has 194 valence electrons. The third-order valence-electron chi connectivity index (χ3n) is 5.30. The monoisotopic (exact) mass is 514 g/mol. The number of methoxy groups -OCH3 is 1. The van der Waals surface area contributed by atoms with Crippen molar-refractivity contribution in [2.45, 2.75) is 20.0 Å². The van der Waals surface area contributed by atoms with Gasteiger partial charge in [-0.25, -0.2) is 18.4 Å². The molecule has 1 amide bonds. The van der Waals surface area contributed by atoms with Gasteiger partial charge in [-0.05, 0) is 42.0 Å². The van der Waals surface area contributed by atoms with Gasteiger partial charge in [-0.3, -0.25) is 9.59 Å². The molecule has 37 heavy (non-hydrogen) atoms. The second-order valence-corrected chi connectivity index (χ2v) is 7.75. The Balaban J connectivity index is 0.00000380. The van der Waals surface area contributed by atoms with Crippen molar-refractivity contribution in [3.8, 4) is 5.75 Å². The summed E-state index contributed by atoms with van der Waals surface area (Å²) >= 11 is 0. The number of ether oxygens (including phenoxy) is 2. The van der Waals surface area contributed by atoms with Crippen molar-refractivity contribution in [3.63, 3.8) is 0 Å². The summed E-state index contributed by atoms with van der Waals surface area (Å²) < 4.78 is 38.2. The number of fused-ring (bicyclic) bond motifs is 1. The summed E-state index contributed by atoms with van der Waals surface area (Å²) in [4.78, 5) is 54.5. The highest BCUT2D eigenvalue weighted by Crippen LogP contribution is 2.17. The van der Waals surface area contributed by atoms with Crippen LogP contribution >= 0.6 is 0 Å². The van der Waals surface area contributed by atoms with Crippen LogP contribution in [-0.2, 0) is 16.1 Å².